The van der Waals surface area contributed by atoms with Crippen LogP contribution in [0, 0.1) is 0 Å². The van der Waals surface area contributed by atoms with Gasteiger partial charge < -0.3 is 5.11 Å². The molecule has 0 bridgehead atoms. The van der Waals surface area contributed by atoms with E-state index in [1.807, 2.05) is 0 Å². The highest BCUT2D eigenvalue weighted by Crippen LogP contribution is 2.62. The average Bonchev–Trinajstić information content (AvgIpc) is 2.59. The fourth-order valence-corrected chi connectivity index (χ4v) is 2.31. The Labute approximate surface area is 165 Å². The van der Waals surface area contributed by atoms with Crippen molar-refractivity contribution in [2.45, 2.75) is 93.3 Å². The van der Waals surface area contributed by atoms with Gasteiger partial charge in [0.05, 0.1) is 0 Å². The van der Waals surface area contributed by atoms with Gasteiger partial charge in [-0.1, -0.05) is 39.0 Å². The minimum Gasteiger partial charge on any atom is -0.387 e. The second-order valence-electron chi connectivity index (χ2n) is 6.71. The number of halogens is 15. The minimum absolute atomic E-state index is 0.0189. The molecule has 0 aromatic heterocycles. The third kappa shape index (κ3) is 4.82. The molecule has 0 rings (SSSR count). The Kier molecular flexibility index (Phi) is 8.72. The van der Waals surface area contributed by atoms with Crippen LogP contribution in [0.1, 0.15) is 45.4 Å². The van der Waals surface area contributed by atoms with Crippen molar-refractivity contribution in [1.29, 1.82) is 0 Å². The van der Waals surface area contributed by atoms with Gasteiger partial charge in [-0.15, -0.1) is 0 Å². The number of aliphatic hydroxyl groups excluding tert-OH is 1. The highest BCUT2D eigenvalue weighted by atomic mass is 19.4. The van der Waals surface area contributed by atoms with Crippen molar-refractivity contribution in [3.05, 3.63) is 0 Å². The second-order valence-corrected chi connectivity index (χ2v) is 6.71. The Balaban J connectivity index is 6.03. The van der Waals surface area contributed by atoms with Gasteiger partial charge in [-0.05, 0) is 6.42 Å². The van der Waals surface area contributed by atoms with Gasteiger partial charge >= 0.3 is 41.7 Å². The molecule has 16 heteroatoms. The van der Waals surface area contributed by atoms with E-state index >= 15 is 0 Å². The smallest absolute Gasteiger partial charge is 0.387 e. The predicted octanol–water partition coefficient (Wildman–Crippen LogP) is 7.08. The van der Waals surface area contributed by atoms with Gasteiger partial charge in [-0.2, -0.15) is 65.9 Å². The van der Waals surface area contributed by atoms with E-state index in [4.69, 9.17) is 5.11 Å². The second kappa shape index (κ2) is 9.04. The predicted molar refractivity (Wildman–Crippen MR) is 75.1 cm³/mol. The van der Waals surface area contributed by atoms with Crippen LogP contribution in [0.3, 0.4) is 0 Å². The monoisotopic (exact) mass is 498 g/mol. The van der Waals surface area contributed by atoms with Gasteiger partial charge in [0, 0.05) is 0 Å². The van der Waals surface area contributed by atoms with Crippen molar-refractivity contribution >= 4 is 0 Å². The summed E-state index contributed by atoms with van der Waals surface area (Å²) in [7, 11) is 0. The fraction of sp³-hybridized carbons (Fsp3) is 1.00. The van der Waals surface area contributed by atoms with Crippen LogP contribution in [0.2, 0.25) is 0 Å². The summed E-state index contributed by atoms with van der Waals surface area (Å²) in [6.45, 7) is 1.70. The molecule has 188 valence electrons. The molecule has 0 aliphatic carbocycles. The van der Waals surface area contributed by atoms with E-state index in [2.05, 4.69) is 0 Å². The molecule has 0 aromatic carbocycles. The number of unbranched alkanes of at least 4 members (excludes halogenated alkanes) is 4. The summed E-state index contributed by atoms with van der Waals surface area (Å²) in [6.07, 6.45) is -12.0. The molecule has 1 nitrogen and oxygen atoms in total. The molecule has 0 heterocycles. The van der Waals surface area contributed by atoms with Gasteiger partial charge in [-0.25, -0.2) is 0 Å². The third-order valence-electron chi connectivity index (χ3n) is 4.35. The maximum absolute atomic E-state index is 13.6. The molecule has 0 aromatic rings. The molecule has 1 atom stereocenters. The molecule has 0 spiro atoms. The van der Waals surface area contributed by atoms with E-state index in [1.54, 1.807) is 6.92 Å². The summed E-state index contributed by atoms with van der Waals surface area (Å²) < 4.78 is 195. The molecule has 0 saturated heterocycles. The lowest BCUT2D eigenvalue weighted by atomic mass is 9.88. The highest BCUT2D eigenvalue weighted by Gasteiger charge is 2.93. The SMILES string of the molecule is CCCCCCCC(O)C(F)(F)C(F)(F)C(F)(F)C(F)(F)C(F)(F)C(F)(F)C(F)(F)F. The molecule has 0 saturated carbocycles. The molecule has 0 radical (unpaired) electrons. The lowest BCUT2D eigenvalue weighted by Crippen LogP contribution is -2.73. The first kappa shape index (κ1) is 29.9. The van der Waals surface area contributed by atoms with Gasteiger partial charge in [0.1, 0.15) is 6.10 Å². The van der Waals surface area contributed by atoms with Gasteiger partial charge in [0.2, 0.25) is 0 Å². The summed E-state index contributed by atoms with van der Waals surface area (Å²) in [4.78, 5) is 0. The molecular weight excluding hydrogens is 481 g/mol. The van der Waals surface area contributed by atoms with E-state index in [9.17, 15) is 65.9 Å². The topological polar surface area (TPSA) is 20.2 Å². The lowest BCUT2D eigenvalue weighted by molar-refractivity contribution is -0.455. The van der Waals surface area contributed by atoms with Crippen molar-refractivity contribution in [3.63, 3.8) is 0 Å². The molecule has 0 amide bonds. The van der Waals surface area contributed by atoms with Crippen LogP contribution in [-0.4, -0.2) is 52.9 Å². The van der Waals surface area contributed by atoms with Crippen LogP contribution in [0.5, 0.6) is 0 Å². The Morgan fingerprint density at radius 2 is 0.871 bits per heavy atom. The zero-order valence-electron chi connectivity index (χ0n) is 15.4. The van der Waals surface area contributed by atoms with E-state index in [-0.39, 0.29) is 6.42 Å². The maximum atomic E-state index is 13.6. The van der Waals surface area contributed by atoms with Crippen LogP contribution < -0.4 is 0 Å². The van der Waals surface area contributed by atoms with Crippen LogP contribution in [-0.2, 0) is 0 Å². The van der Waals surface area contributed by atoms with Crippen molar-refractivity contribution < 1.29 is 71.0 Å². The van der Waals surface area contributed by atoms with Crippen molar-refractivity contribution in [1.82, 2.24) is 0 Å². The Bertz CT molecular complexity index is 581. The zero-order chi connectivity index (χ0) is 25.3. The third-order valence-corrected chi connectivity index (χ3v) is 4.35. The normalized spacial score (nSPS) is 16.5. The van der Waals surface area contributed by atoms with Crippen molar-refractivity contribution in [2.75, 3.05) is 0 Å². The summed E-state index contributed by atoms with van der Waals surface area (Å²) in [6, 6.07) is 0. The molecule has 0 aliphatic heterocycles. The van der Waals surface area contributed by atoms with Gasteiger partial charge in [0.15, 0.2) is 0 Å². The molecule has 1 N–H and O–H groups in total. The average molecular weight is 498 g/mol. The first-order valence-electron chi connectivity index (χ1n) is 8.50. The largest absolute Gasteiger partial charge is 0.460 e. The molecule has 0 fully saturated rings. The van der Waals surface area contributed by atoms with Crippen LogP contribution in [0.15, 0.2) is 0 Å². The summed E-state index contributed by atoms with van der Waals surface area (Å²) in [5.41, 5.74) is 0. The number of alkyl halides is 15. The standard InChI is InChI=1S/C15H17F15O/c1-2-3-4-5-6-7-8(31)9(16,17)10(18,19)11(20,21)12(22,23)13(24,25)14(26,27)15(28,29)30/h8,31H,2-7H2,1H3. The summed E-state index contributed by atoms with van der Waals surface area (Å²) in [5.74, 6) is -47.0. The number of aliphatic hydroxyl groups is 1. The number of hydrogen-bond acceptors (Lipinski definition) is 1. The van der Waals surface area contributed by atoms with Crippen LogP contribution in [0.4, 0.5) is 65.9 Å². The minimum atomic E-state index is -8.33. The number of hydrogen-bond donors (Lipinski definition) is 1. The number of rotatable bonds is 12. The summed E-state index contributed by atoms with van der Waals surface area (Å²) >= 11 is 0. The van der Waals surface area contributed by atoms with Crippen molar-refractivity contribution in [2.24, 2.45) is 0 Å². The van der Waals surface area contributed by atoms with Crippen molar-refractivity contribution in [3.8, 4) is 0 Å². The van der Waals surface area contributed by atoms with Crippen LogP contribution >= 0.6 is 0 Å². The van der Waals surface area contributed by atoms with Gasteiger partial charge in [0.25, 0.3) is 0 Å². The summed E-state index contributed by atoms with van der Waals surface area (Å²) in [5, 5.41) is 9.07. The van der Waals surface area contributed by atoms with Crippen LogP contribution in [0.25, 0.3) is 0 Å². The molecule has 0 aliphatic rings. The van der Waals surface area contributed by atoms with E-state index in [1.165, 1.54) is 0 Å². The Morgan fingerprint density at radius 3 is 1.26 bits per heavy atom. The fourth-order valence-electron chi connectivity index (χ4n) is 2.31. The van der Waals surface area contributed by atoms with E-state index < -0.39 is 60.7 Å². The highest BCUT2D eigenvalue weighted by molar-refractivity contribution is 5.13. The maximum Gasteiger partial charge on any atom is 0.460 e. The van der Waals surface area contributed by atoms with E-state index in [0.29, 0.717) is 19.3 Å². The quantitative estimate of drug-likeness (QED) is 0.225. The molecule has 31 heavy (non-hydrogen) atoms. The van der Waals surface area contributed by atoms with Gasteiger partial charge in [-0.3, -0.25) is 0 Å². The first-order valence-corrected chi connectivity index (χ1v) is 8.50. The first-order chi connectivity index (χ1) is 13.5. The Morgan fingerprint density at radius 1 is 0.516 bits per heavy atom. The lowest BCUT2D eigenvalue weighted by Gasteiger charge is -2.42. The molecular formula is C15H17F15O. The Hall–Kier alpha value is -1.09. The zero-order valence-corrected chi connectivity index (χ0v) is 15.4. The molecule has 1 unspecified atom stereocenters. The van der Waals surface area contributed by atoms with E-state index in [0.717, 1.165) is 0 Å².